The molecule has 0 spiro atoms. The third-order valence-electron chi connectivity index (χ3n) is 2.00. The Labute approximate surface area is 91.8 Å². The molecule has 0 aliphatic carbocycles. The van der Waals surface area contributed by atoms with E-state index in [1.165, 1.54) is 6.07 Å². The molecule has 1 rings (SSSR count). The van der Waals surface area contributed by atoms with Gasteiger partial charge in [-0.1, -0.05) is 43.1 Å². The van der Waals surface area contributed by atoms with Gasteiger partial charge in [0.2, 0.25) is 0 Å². The molecule has 0 saturated heterocycles. The number of hydrogen-bond donors (Lipinski definition) is 0. The lowest BCUT2D eigenvalue weighted by Gasteiger charge is -2.13. The van der Waals surface area contributed by atoms with Crippen molar-refractivity contribution in [1.29, 1.82) is 0 Å². The van der Waals surface area contributed by atoms with Crippen molar-refractivity contribution in [3.05, 3.63) is 33.3 Å². The topological polar surface area (TPSA) is 0 Å². The monoisotopic (exact) mass is 238 g/mol. The molecule has 1 aromatic rings. The lowest BCUT2D eigenvalue weighted by Crippen LogP contribution is -1.95. The highest BCUT2D eigenvalue weighted by Crippen LogP contribution is 2.37. The van der Waals surface area contributed by atoms with Gasteiger partial charge in [-0.05, 0) is 17.5 Å². The normalized spacial score (nSPS) is 11.4. The summed E-state index contributed by atoms with van der Waals surface area (Å²) in [6.45, 7) is 3.79. The summed E-state index contributed by atoms with van der Waals surface area (Å²) in [5.41, 5.74) is 0.436. The van der Waals surface area contributed by atoms with E-state index in [0.29, 0.717) is 5.56 Å². The molecule has 0 unspecified atom stereocenters. The Hall–Kier alpha value is -0.340. The standard InChI is InChI=1S/C10H10Cl2F2/c1-5(2)6-3-4-7(11)8(9(6)12)10(13)14/h3-5,10H,1-2H3. The van der Waals surface area contributed by atoms with E-state index in [2.05, 4.69) is 0 Å². The predicted octanol–water partition coefficient (Wildman–Crippen LogP) is 5.05. The molecule has 4 heteroatoms. The van der Waals surface area contributed by atoms with Crippen LogP contribution in [-0.2, 0) is 0 Å². The molecule has 0 nitrogen and oxygen atoms in total. The summed E-state index contributed by atoms with van der Waals surface area (Å²) in [6.07, 6.45) is -2.63. The highest BCUT2D eigenvalue weighted by Gasteiger charge is 2.19. The quantitative estimate of drug-likeness (QED) is 0.676. The molecule has 1 aromatic carbocycles. The molecule has 0 atom stereocenters. The summed E-state index contributed by atoms with van der Waals surface area (Å²) in [5, 5.41) is 0.108. The van der Waals surface area contributed by atoms with Gasteiger partial charge in [-0.25, -0.2) is 8.78 Å². The average molecular weight is 239 g/mol. The van der Waals surface area contributed by atoms with Gasteiger partial charge < -0.3 is 0 Å². The Bertz CT molecular complexity index is 335. The molecular weight excluding hydrogens is 229 g/mol. The SMILES string of the molecule is CC(C)c1ccc(Cl)c(C(F)F)c1Cl. The van der Waals surface area contributed by atoms with Gasteiger partial charge >= 0.3 is 0 Å². The van der Waals surface area contributed by atoms with Crippen LogP contribution >= 0.6 is 23.2 Å². The van der Waals surface area contributed by atoms with Crippen molar-refractivity contribution in [1.82, 2.24) is 0 Å². The maximum atomic E-state index is 12.6. The van der Waals surface area contributed by atoms with Crippen LogP contribution < -0.4 is 0 Å². The lowest BCUT2D eigenvalue weighted by molar-refractivity contribution is 0.151. The Kier molecular flexibility index (Phi) is 3.73. The number of halogens is 4. The van der Waals surface area contributed by atoms with Gasteiger partial charge in [0.15, 0.2) is 0 Å². The van der Waals surface area contributed by atoms with Gasteiger partial charge in [0.1, 0.15) is 0 Å². The first-order chi connectivity index (χ1) is 6.45. The molecule has 0 aromatic heterocycles. The molecule has 0 saturated carbocycles. The number of benzene rings is 1. The van der Waals surface area contributed by atoms with E-state index in [9.17, 15) is 8.78 Å². The van der Waals surface area contributed by atoms with Crippen LogP contribution in [0.4, 0.5) is 8.78 Å². The molecule has 0 fully saturated rings. The maximum Gasteiger partial charge on any atom is 0.266 e. The highest BCUT2D eigenvalue weighted by molar-refractivity contribution is 6.36. The zero-order valence-electron chi connectivity index (χ0n) is 7.82. The first kappa shape index (κ1) is 11.7. The fourth-order valence-corrected chi connectivity index (χ4v) is 1.99. The smallest absolute Gasteiger partial charge is 0.205 e. The molecule has 0 N–H and O–H groups in total. The molecule has 0 radical (unpaired) electrons. The van der Waals surface area contributed by atoms with Crippen LogP contribution in [0.2, 0.25) is 10.0 Å². The zero-order valence-corrected chi connectivity index (χ0v) is 9.33. The van der Waals surface area contributed by atoms with Crippen molar-refractivity contribution in [2.45, 2.75) is 26.2 Å². The van der Waals surface area contributed by atoms with Crippen molar-refractivity contribution in [2.24, 2.45) is 0 Å². The Morgan fingerprint density at radius 2 is 1.71 bits per heavy atom. The van der Waals surface area contributed by atoms with E-state index in [-0.39, 0.29) is 21.5 Å². The van der Waals surface area contributed by atoms with Crippen LogP contribution in [-0.4, -0.2) is 0 Å². The van der Waals surface area contributed by atoms with Gasteiger partial charge in [0, 0.05) is 0 Å². The Balaban J connectivity index is 3.34. The van der Waals surface area contributed by atoms with Gasteiger partial charge in [-0.15, -0.1) is 0 Å². The fourth-order valence-electron chi connectivity index (χ4n) is 1.23. The van der Waals surface area contributed by atoms with Crippen molar-refractivity contribution < 1.29 is 8.78 Å². The van der Waals surface area contributed by atoms with Crippen LogP contribution in [0.25, 0.3) is 0 Å². The number of hydrogen-bond acceptors (Lipinski definition) is 0. The fraction of sp³-hybridized carbons (Fsp3) is 0.400. The lowest BCUT2D eigenvalue weighted by atomic mass is 10.0. The summed E-state index contributed by atoms with van der Waals surface area (Å²) in [4.78, 5) is 0. The van der Waals surface area contributed by atoms with Crippen LogP contribution in [0.15, 0.2) is 12.1 Å². The van der Waals surface area contributed by atoms with Crippen LogP contribution in [0.3, 0.4) is 0 Å². The summed E-state index contributed by atoms with van der Waals surface area (Å²) in [5.74, 6) is 0.109. The van der Waals surface area contributed by atoms with Gasteiger partial charge in [-0.2, -0.15) is 0 Å². The van der Waals surface area contributed by atoms with Crippen molar-refractivity contribution in [3.8, 4) is 0 Å². The van der Waals surface area contributed by atoms with Gasteiger partial charge in [-0.3, -0.25) is 0 Å². The van der Waals surface area contributed by atoms with E-state index >= 15 is 0 Å². The van der Waals surface area contributed by atoms with Crippen LogP contribution in [0.5, 0.6) is 0 Å². The Morgan fingerprint density at radius 1 is 1.14 bits per heavy atom. The minimum Gasteiger partial charge on any atom is -0.205 e. The van der Waals surface area contributed by atoms with E-state index in [1.807, 2.05) is 13.8 Å². The molecule has 0 aliphatic rings. The van der Waals surface area contributed by atoms with Crippen LogP contribution in [0, 0.1) is 0 Å². The molecule has 0 heterocycles. The van der Waals surface area contributed by atoms with Gasteiger partial charge in [0.25, 0.3) is 6.43 Å². The minimum atomic E-state index is -2.63. The number of rotatable bonds is 2. The Morgan fingerprint density at radius 3 is 2.14 bits per heavy atom. The average Bonchev–Trinajstić information content (AvgIpc) is 2.02. The third kappa shape index (κ3) is 2.18. The highest BCUT2D eigenvalue weighted by atomic mass is 35.5. The third-order valence-corrected chi connectivity index (χ3v) is 2.75. The van der Waals surface area contributed by atoms with E-state index in [1.54, 1.807) is 6.07 Å². The second kappa shape index (κ2) is 4.45. The minimum absolute atomic E-state index is 0.0226. The summed E-state index contributed by atoms with van der Waals surface area (Å²) in [7, 11) is 0. The van der Waals surface area contributed by atoms with Gasteiger partial charge in [0.05, 0.1) is 15.6 Å². The predicted molar refractivity (Wildman–Crippen MR) is 55.5 cm³/mol. The van der Waals surface area contributed by atoms with E-state index in [0.717, 1.165) is 0 Å². The summed E-state index contributed by atoms with van der Waals surface area (Å²) in [6, 6.07) is 3.14. The second-order valence-electron chi connectivity index (χ2n) is 3.32. The van der Waals surface area contributed by atoms with E-state index in [4.69, 9.17) is 23.2 Å². The molecule has 14 heavy (non-hydrogen) atoms. The largest absolute Gasteiger partial charge is 0.266 e. The number of alkyl halides is 2. The zero-order chi connectivity index (χ0) is 10.9. The van der Waals surface area contributed by atoms with Crippen molar-refractivity contribution >= 4 is 23.2 Å². The molecule has 0 aliphatic heterocycles. The van der Waals surface area contributed by atoms with Crippen molar-refractivity contribution in [2.75, 3.05) is 0 Å². The summed E-state index contributed by atoms with van der Waals surface area (Å²) < 4.78 is 25.1. The first-order valence-corrected chi connectivity index (χ1v) is 4.96. The van der Waals surface area contributed by atoms with Crippen molar-refractivity contribution in [3.63, 3.8) is 0 Å². The van der Waals surface area contributed by atoms with E-state index < -0.39 is 6.43 Å². The molecule has 78 valence electrons. The van der Waals surface area contributed by atoms with Crippen LogP contribution in [0.1, 0.15) is 37.3 Å². The molecule has 0 amide bonds. The maximum absolute atomic E-state index is 12.6. The summed E-state index contributed by atoms with van der Waals surface area (Å²) >= 11 is 11.5. The first-order valence-electron chi connectivity index (χ1n) is 4.21. The second-order valence-corrected chi connectivity index (χ2v) is 4.10. The molecule has 0 bridgehead atoms. The molecular formula is C10H10Cl2F2.